The van der Waals surface area contributed by atoms with Crippen LogP contribution in [-0.2, 0) is 7.05 Å². The SMILES string of the molecule is Cn1c(N)nc2cc(I)ccc21. The Labute approximate surface area is 83.7 Å². The van der Waals surface area contributed by atoms with Crippen molar-refractivity contribution >= 4 is 39.6 Å². The first kappa shape index (κ1) is 7.85. The van der Waals surface area contributed by atoms with Crippen molar-refractivity contribution in [2.75, 3.05) is 5.73 Å². The number of benzene rings is 1. The molecule has 0 bridgehead atoms. The number of halogens is 1. The first-order chi connectivity index (χ1) is 5.68. The molecule has 1 heterocycles. The average molecular weight is 273 g/mol. The van der Waals surface area contributed by atoms with E-state index >= 15 is 0 Å². The van der Waals surface area contributed by atoms with Crippen LogP contribution in [0.1, 0.15) is 0 Å². The molecule has 0 fully saturated rings. The van der Waals surface area contributed by atoms with Gasteiger partial charge in [-0.15, -0.1) is 0 Å². The van der Waals surface area contributed by atoms with Gasteiger partial charge in [-0.1, -0.05) is 0 Å². The highest BCUT2D eigenvalue weighted by Gasteiger charge is 2.03. The minimum atomic E-state index is 0.562. The summed E-state index contributed by atoms with van der Waals surface area (Å²) in [7, 11) is 1.91. The predicted molar refractivity (Wildman–Crippen MR) is 57.8 cm³/mol. The molecule has 3 nitrogen and oxygen atoms in total. The second kappa shape index (κ2) is 2.62. The van der Waals surface area contributed by atoms with Crippen molar-refractivity contribution in [2.24, 2.45) is 7.05 Å². The standard InChI is InChI=1S/C8H8IN3/c1-12-7-3-2-5(9)4-6(7)11-8(12)10/h2-4H,1H3,(H2,10,11). The van der Waals surface area contributed by atoms with Crippen LogP contribution < -0.4 is 5.73 Å². The molecule has 1 aromatic carbocycles. The molecule has 12 heavy (non-hydrogen) atoms. The Bertz CT molecular complexity index is 433. The summed E-state index contributed by atoms with van der Waals surface area (Å²) in [5.41, 5.74) is 7.69. The number of hydrogen-bond donors (Lipinski definition) is 1. The summed E-state index contributed by atoms with van der Waals surface area (Å²) >= 11 is 2.26. The molecule has 2 rings (SSSR count). The monoisotopic (exact) mass is 273 g/mol. The van der Waals surface area contributed by atoms with Crippen LogP contribution >= 0.6 is 22.6 Å². The number of fused-ring (bicyclic) bond motifs is 1. The molecule has 0 radical (unpaired) electrons. The van der Waals surface area contributed by atoms with Gasteiger partial charge < -0.3 is 10.3 Å². The molecule has 2 aromatic rings. The van der Waals surface area contributed by atoms with E-state index in [1.165, 1.54) is 3.57 Å². The van der Waals surface area contributed by atoms with Crippen LogP contribution in [0.2, 0.25) is 0 Å². The van der Waals surface area contributed by atoms with E-state index < -0.39 is 0 Å². The van der Waals surface area contributed by atoms with E-state index in [9.17, 15) is 0 Å². The second-order valence-electron chi connectivity index (χ2n) is 2.66. The van der Waals surface area contributed by atoms with Crippen LogP contribution in [-0.4, -0.2) is 9.55 Å². The lowest BCUT2D eigenvalue weighted by Gasteiger charge is -1.94. The summed E-state index contributed by atoms with van der Waals surface area (Å²) in [6, 6.07) is 6.09. The number of nitrogens with zero attached hydrogens (tertiary/aromatic N) is 2. The van der Waals surface area contributed by atoms with Gasteiger partial charge in [-0.3, -0.25) is 0 Å². The van der Waals surface area contributed by atoms with Crippen molar-refractivity contribution in [1.29, 1.82) is 0 Å². The topological polar surface area (TPSA) is 43.8 Å². The summed E-state index contributed by atoms with van der Waals surface area (Å²) in [4.78, 5) is 4.21. The van der Waals surface area contributed by atoms with Crippen molar-refractivity contribution in [1.82, 2.24) is 9.55 Å². The Morgan fingerprint density at radius 3 is 3.00 bits per heavy atom. The largest absolute Gasteiger partial charge is 0.369 e. The highest BCUT2D eigenvalue weighted by molar-refractivity contribution is 14.1. The van der Waals surface area contributed by atoms with E-state index in [0.29, 0.717) is 5.95 Å². The maximum Gasteiger partial charge on any atom is 0.200 e. The third-order valence-corrected chi connectivity index (χ3v) is 2.55. The second-order valence-corrected chi connectivity index (χ2v) is 3.91. The Morgan fingerprint density at radius 2 is 2.25 bits per heavy atom. The smallest absolute Gasteiger partial charge is 0.200 e. The molecule has 0 aliphatic heterocycles. The van der Waals surface area contributed by atoms with Gasteiger partial charge in [-0.05, 0) is 40.8 Å². The molecule has 0 aliphatic rings. The first-order valence-electron chi connectivity index (χ1n) is 3.56. The molecule has 0 atom stereocenters. The fourth-order valence-electron chi connectivity index (χ4n) is 1.19. The highest BCUT2D eigenvalue weighted by Crippen LogP contribution is 2.18. The van der Waals surface area contributed by atoms with E-state index in [4.69, 9.17) is 5.73 Å². The molecule has 0 aliphatic carbocycles. The fraction of sp³-hybridized carbons (Fsp3) is 0.125. The van der Waals surface area contributed by atoms with E-state index in [1.54, 1.807) is 0 Å². The zero-order valence-electron chi connectivity index (χ0n) is 6.58. The molecule has 4 heteroatoms. The number of aromatic nitrogens is 2. The third kappa shape index (κ3) is 1.06. The van der Waals surface area contributed by atoms with E-state index in [1.807, 2.05) is 29.8 Å². The summed E-state index contributed by atoms with van der Waals surface area (Å²) < 4.78 is 3.06. The lowest BCUT2D eigenvalue weighted by atomic mass is 10.3. The molecule has 0 amide bonds. The van der Waals surface area contributed by atoms with Crippen molar-refractivity contribution < 1.29 is 0 Å². The van der Waals surface area contributed by atoms with Gasteiger partial charge in [0.15, 0.2) is 0 Å². The molecule has 2 N–H and O–H groups in total. The molecule has 0 unspecified atom stereocenters. The van der Waals surface area contributed by atoms with Gasteiger partial charge >= 0.3 is 0 Å². The van der Waals surface area contributed by atoms with Crippen molar-refractivity contribution in [3.05, 3.63) is 21.8 Å². The number of anilines is 1. The van der Waals surface area contributed by atoms with Gasteiger partial charge in [0.25, 0.3) is 0 Å². The zero-order valence-corrected chi connectivity index (χ0v) is 8.74. The minimum absolute atomic E-state index is 0.562. The summed E-state index contributed by atoms with van der Waals surface area (Å²) in [5.74, 6) is 0.562. The molecule has 0 spiro atoms. The number of aryl methyl sites for hydroxylation is 1. The fourth-order valence-corrected chi connectivity index (χ4v) is 1.67. The van der Waals surface area contributed by atoms with Gasteiger partial charge in [0, 0.05) is 10.6 Å². The summed E-state index contributed by atoms with van der Waals surface area (Å²) in [5, 5.41) is 0. The lowest BCUT2D eigenvalue weighted by molar-refractivity contribution is 0.965. The van der Waals surface area contributed by atoms with Crippen LogP contribution in [0.5, 0.6) is 0 Å². The number of nitrogen functional groups attached to an aromatic ring is 1. The zero-order chi connectivity index (χ0) is 8.72. The third-order valence-electron chi connectivity index (χ3n) is 1.88. The van der Waals surface area contributed by atoms with Crippen molar-refractivity contribution in [3.8, 4) is 0 Å². The summed E-state index contributed by atoms with van der Waals surface area (Å²) in [6.45, 7) is 0. The molecule has 0 saturated carbocycles. The lowest BCUT2D eigenvalue weighted by Crippen LogP contribution is -1.95. The van der Waals surface area contributed by atoms with Crippen LogP contribution in [0.3, 0.4) is 0 Å². The van der Waals surface area contributed by atoms with Crippen molar-refractivity contribution in [3.63, 3.8) is 0 Å². The molecular formula is C8H8IN3. The van der Waals surface area contributed by atoms with E-state index in [2.05, 4.69) is 27.6 Å². The maximum absolute atomic E-state index is 5.65. The molecular weight excluding hydrogens is 265 g/mol. The molecule has 0 saturated heterocycles. The number of hydrogen-bond acceptors (Lipinski definition) is 2. The van der Waals surface area contributed by atoms with Crippen LogP contribution in [0, 0.1) is 3.57 Å². The Balaban J connectivity index is 2.87. The van der Waals surface area contributed by atoms with Gasteiger partial charge in [0.2, 0.25) is 5.95 Å². The first-order valence-corrected chi connectivity index (χ1v) is 4.64. The maximum atomic E-state index is 5.65. The molecule has 62 valence electrons. The minimum Gasteiger partial charge on any atom is -0.369 e. The quantitative estimate of drug-likeness (QED) is 0.743. The Hall–Kier alpha value is -0.780. The van der Waals surface area contributed by atoms with Crippen LogP contribution in [0.4, 0.5) is 5.95 Å². The van der Waals surface area contributed by atoms with Crippen LogP contribution in [0.15, 0.2) is 18.2 Å². The van der Waals surface area contributed by atoms with Gasteiger partial charge in [0.05, 0.1) is 11.0 Å². The predicted octanol–water partition coefficient (Wildman–Crippen LogP) is 1.76. The van der Waals surface area contributed by atoms with E-state index in [-0.39, 0.29) is 0 Å². The summed E-state index contributed by atoms with van der Waals surface area (Å²) in [6.07, 6.45) is 0. The number of imidazole rings is 1. The highest BCUT2D eigenvalue weighted by atomic mass is 127. The van der Waals surface area contributed by atoms with Gasteiger partial charge in [-0.2, -0.15) is 0 Å². The van der Waals surface area contributed by atoms with Gasteiger partial charge in [-0.25, -0.2) is 4.98 Å². The van der Waals surface area contributed by atoms with Crippen molar-refractivity contribution in [2.45, 2.75) is 0 Å². The Morgan fingerprint density at radius 1 is 1.50 bits per heavy atom. The van der Waals surface area contributed by atoms with Gasteiger partial charge in [0.1, 0.15) is 0 Å². The van der Waals surface area contributed by atoms with E-state index in [0.717, 1.165) is 11.0 Å². The number of nitrogens with two attached hydrogens (primary N) is 1. The molecule has 1 aromatic heterocycles. The normalized spacial score (nSPS) is 10.8. The average Bonchev–Trinajstić information content (AvgIpc) is 2.28. The van der Waals surface area contributed by atoms with Crippen LogP contribution in [0.25, 0.3) is 11.0 Å². The Kier molecular flexibility index (Phi) is 1.71. The number of rotatable bonds is 0.